The summed E-state index contributed by atoms with van der Waals surface area (Å²) in [4.78, 5) is 3.51. The molecule has 1 rings (SSSR count). The van der Waals surface area contributed by atoms with Gasteiger partial charge in [0.05, 0.1) is 7.11 Å². The molecule has 0 amide bonds. The lowest BCUT2D eigenvalue weighted by atomic mass is 10.4. The van der Waals surface area contributed by atoms with Crippen LogP contribution in [0.2, 0.25) is 0 Å². The first-order valence-corrected chi connectivity index (χ1v) is 2.69. The maximum atomic E-state index is 12.7. The third kappa shape index (κ3) is 1.00. The lowest BCUT2D eigenvalue weighted by molar-refractivity contribution is 0.386. The van der Waals surface area contributed by atoms with Crippen LogP contribution in [0.4, 0.5) is 10.2 Å². The van der Waals surface area contributed by atoms with Gasteiger partial charge in [-0.1, -0.05) is 0 Å². The highest BCUT2D eigenvalue weighted by atomic mass is 19.1. The molecule has 4 heteroatoms. The number of nitrogen functional groups attached to an aromatic ring is 1. The molecule has 1 aromatic heterocycles. The maximum absolute atomic E-state index is 12.7. The zero-order valence-electron chi connectivity index (χ0n) is 5.47. The van der Waals surface area contributed by atoms with Crippen LogP contribution < -0.4 is 10.5 Å². The normalized spacial score (nSPS) is 9.40. The smallest absolute Gasteiger partial charge is 0.206 e. The van der Waals surface area contributed by atoms with E-state index in [1.54, 1.807) is 0 Å². The number of hydrogen-bond donors (Lipinski definition) is 1. The van der Waals surface area contributed by atoms with Crippen LogP contribution in [0.25, 0.3) is 0 Å². The zero-order chi connectivity index (χ0) is 7.56. The fourth-order valence-electron chi connectivity index (χ4n) is 0.599. The summed E-state index contributed by atoms with van der Waals surface area (Å²) in [6, 6.07) is 1.41. The minimum absolute atomic E-state index is 0.118. The summed E-state index contributed by atoms with van der Waals surface area (Å²) in [5.74, 6) is -0.628. The van der Waals surface area contributed by atoms with Crippen molar-refractivity contribution >= 4 is 5.82 Å². The van der Waals surface area contributed by atoms with Gasteiger partial charge >= 0.3 is 0 Å². The number of halogens is 1. The van der Waals surface area contributed by atoms with Crippen molar-refractivity contribution in [2.45, 2.75) is 0 Å². The van der Waals surface area contributed by atoms with Crippen molar-refractivity contribution < 1.29 is 9.13 Å². The predicted octanol–water partition coefficient (Wildman–Crippen LogP) is 0.811. The second kappa shape index (κ2) is 2.51. The van der Waals surface area contributed by atoms with Gasteiger partial charge in [-0.2, -0.15) is 4.39 Å². The number of methoxy groups -OCH3 is 1. The molecule has 0 aromatic carbocycles. The van der Waals surface area contributed by atoms with Gasteiger partial charge in [0.25, 0.3) is 0 Å². The summed E-state index contributed by atoms with van der Waals surface area (Å²) in [6.07, 6.45) is 1.39. The number of rotatable bonds is 1. The molecular weight excluding hydrogens is 135 g/mol. The topological polar surface area (TPSA) is 48.1 Å². The van der Waals surface area contributed by atoms with E-state index in [0.717, 1.165) is 0 Å². The molecular formula is C6H7FN2O. The monoisotopic (exact) mass is 142 g/mol. The molecule has 0 saturated carbocycles. The summed E-state index contributed by atoms with van der Waals surface area (Å²) in [5, 5.41) is 0. The average Bonchev–Trinajstić information content (AvgIpc) is 1.95. The van der Waals surface area contributed by atoms with Crippen LogP contribution in [0.5, 0.6) is 5.75 Å². The van der Waals surface area contributed by atoms with Crippen LogP contribution in [-0.2, 0) is 0 Å². The van der Waals surface area contributed by atoms with Crippen LogP contribution in [-0.4, -0.2) is 12.1 Å². The van der Waals surface area contributed by atoms with E-state index in [9.17, 15) is 4.39 Å². The van der Waals surface area contributed by atoms with Gasteiger partial charge in [0.15, 0.2) is 11.6 Å². The van der Waals surface area contributed by atoms with Crippen LogP contribution in [0, 0.1) is 5.82 Å². The largest absolute Gasteiger partial charge is 0.493 e. The molecule has 1 heterocycles. The molecule has 2 N–H and O–H groups in total. The summed E-state index contributed by atoms with van der Waals surface area (Å²) in [7, 11) is 1.37. The third-order valence-corrected chi connectivity index (χ3v) is 1.10. The van der Waals surface area contributed by atoms with Crippen molar-refractivity contribution in [3.8, 4) is 5.75 Å². The maximum Gasteiger partial charge on any atom is 0.206 e. The lowest BCUT2D eigenvalue weighted by Gasteiger charge is -2.00. The van der Waals surface area contributed by atoms with Gasteiger partial charge in [0.1, 0.15) is 0 Å². The Labute approximate surface area is 57.6 Å². The standard InChI is InChI=1S/C6H7FN2O/c1-10-4-2-3-9-6(8)5(4)7/h2-3H,1H3,(H2,8,9). The molecule has 0 spiro atoms. The highest BCUT2D eigenvalue weighted by Crippen LogP contribution is 2.18. The Morgan fingerprint density at radius 3 is 2.90 bits per heavy atom. The van der Waals surface area contributed by atoms with Gasteiger partial charge in [0.2, 0.25) is 5.82 Å². The summed E-state index contributed by atoms with van der Waals surface area (Å²) >= 11 is 0. The number of ether oxygens (including phenoxy) is 1. The highest BCUT2D eigenvalue weighted by Gasteiger charge is 2.04. The number of pyridine rings is 1. The third-order valence-electron chi connectivity index (χ3n) is 1.10. The van der Waals surface area contributed by atoms with Crippen LogP contribution >= 0.6 is 0 Å². The first-order valence-electron chi connectivity index (χ1n) is 2.69. The molecule has 10 heavy (non-hydrogen) atoms. The number of anilines is 1. The van der Waals surface area contributed by atoms with E-state index in [-0.39, 0.29) is 11.6 Å². The van der Waals surface area contributed by atoms with Gasteiger partial charge in [-0.15, -0.1) is 0 Å². The molecule has 0 bridgehead atoms. The summed E-state index contributed by atoms with van der Waals surface area (Å²) < 4.78 is 17.3. The minimum Gasteiger partial charge on any atom is -0.493 e. The van der Waals surface area contributed by atoms with E-state index in [1.807, 2.05) is 0 Å². The van der Waals surface area contributed by atoms with Crippen molar-refractivity contribution in [2.75, 3.05) is 12.8 Å². The minimum atomic E-state index is -0.606. The predicted molar refractivity (Wildman–Crippen MR) is 35.2 cm³/mol. The summed E-state index contributed by atoms with van der Waals surface area (Å²) in [6.45, 7) is 0. The Hall–Kier alpha value is -1.32. The van der Waals surface area contributed by atoms with Crippen molar-refractivity contribution in [1.29, 1.82) is 0 Å². The summed E-state index contributed by atoms with van der Waals surface area (Å²) in [5.41, 5.74) is 5.13. The van der Waals surface area contributed by atoms with E-state index in [1.165, 1.54) is 19.4 Å². The van der Waals surface area contributed by atoms with Gasteiger partial charge in [-0.3, -0.25) is 0 Å². The Morgan fingerprint density at radius 2 is 2.40 bits per heavy atom. The van der Waals surface area contributed by atoms with Gasteiger partial charge in [0, 0.05) is 12.3 Å². The Kier molecular flexibility index (Phi) is 1.71. The zero-order valence-corrected chi connectivity index (χ0v) is 5.47. The van der Waals surface area contributed by atoms with Crippen LogP contribution in [0.3, 0.4) is 0 Å². The first kappa shape index (κ1) is 6.80. The van der Waals surface area contributed by atoms with E-state index in [0.29, 0.717) is 0 Å². The Bertz CT molecular complexity index is 239. The average molecular weight is 142 g/mol. The molecule has 54 valence electrons. The number of hydrogen-bond acceptors (Lipinski definition) is 3. The highest BCUT2D eigenvalue weighted by molar-refractivity contribution is 5.38. The quantitative estimate of drug-likeness (QED) is 0.631. The second-order valence-corrected chi connectivity index (χ2v) is 1.71. The van der Waals surface area contributed by atoms with Crippen molar-refractivity contribution in [2.24, 2.45) is 0 Å². The molecule has 0 aliphatic carbocycles. The lowest BCUT2D eigenvalue weighted by Crippen LogP contribution is -1.96. The molecule has 0 atom stereocenters. The van der Waals surface area contributed by atoms with Crippen molar-refractivity contribution in [1.82, 2.24) is 4.98 Å². The molecule has 0 fully saturated rings. The number of nitrogens with two attached hydrogens (primary N) is 1. The Balaban J connectivity index is 3.14. The molecule has 0 aliphatic heterocycles. The van der Waals surface area contributed by atoms with Crippen LogP contribution in [0.1, 0.15) is 0 Å². The van der Waals surface area contributed by atoms with E-state index < -0.39 is 5.82 Å². The van der Waals surface area contributed by atoms with Gasteiger partial charge < -0.3 is 10.5 Å². The first-order chi connectivity index (χ1) is 4.75. The fraction of sp³-hybridized carbons (Fsp3) is 0.167. The molecule has 1 aromatic rings. The molecule has 0 unspecified atom stereocenters. The van der Waals surface area contributed by atoms with E-state index >= 15 is 0 Å². The molecule has 0 aliphatic rings. The molecule has 0 saturated heterocycles. The van der Waals surface area contributed by atoms with Crippen molar-refractivity contribution in [3.05, 3.63) is 18.1 Å². The second-order valence-electron chi connectivity index (χ2n) is 1.71. The molecule has 3 nitrogen and oxygen atoms in total. The van der Waals surface area contributed by atoms with E-state index in [4.69, 9.17) is 5.73 Å². The van der Waals surface area contributed by atoms with Crippen molar-refractivity contribution in [3.63, 3.8) is 0 Å². The number of aromatic nitrogens is 1. The SMILES string of the molecule is COc1ccnc(N)c1F. The Morgan fingerprint density at radius 1 is 1.70 bits per heavy atom. The number of nitrogens with zero attached hydrogens (tertiary/aromatic N) is 1. The molecule has 0 radical (unpaired) electrons. The van der Waals surface area contributed by atoms with E-state index in [2.05, 4.69) is 9.72 Å². The van der Waals surface area contributed by atoms with Gasteiger partial charge in [-0.25, -0.2) is 4.98 Å². The van der Waals surface area contributed by atoms with Crippen LogP contribution in [0.15, 0.2) is 12.3 Å². The van der Waals surface area contributed by atoms with Gasteiger partial charge in [-0.05, 0) is 0 Å². The fourth-order valence-corrected chi connectivity index (χ4v) is 0.599.